The van der Waals surface area contributed by atoms with E-state index in [2.05, 4.69) is 25.7 Å². The molecule has 1 aliphatic carbocycles. The minimum atomic E-state index is 0.756. The van der Waals surface area contributed by atoms with E-state index in [1.807, 2.05) is 0 Å². The highest BCUT2D eigenvalue weighted by molar-refractivity contribution is 4.99. The maximum atomic E-state index is 2.78. The number of hydrogen-bond acceptors (Lipinski definition) is 1. The van der Waals surface area contributed by atoms with Crippen LogP contribution in [0.4, 0.5) is 0 Å². The molecule has 2 rings (SSSR count). The van der Waals surface area contributed by atoms with Crippen LogP contribution in [0.3, 0.4) is 0 Å². The second kappa shape index (κ2) is 5.73. The van der Waals surface area contributed by atoms with Gasteiger partial charge in [0.05, 0.1) is 0 Å². The highest BCUT2D eigenvalue weighted by Gasteiger charge is 2.45. The van der Waals surface area contributed by atoms with Crippen molar-refractivity contribution in [3.8, 4) is 0 Å². The average molecular weight is 237 g/mol. The summed E-state index contributed by atoms with van der Waals surface area (Å²) in [6, 6.07) is 0.889. The molecule has 1 saturated heterocycles. The highest BCUT2D eigenvalue weighted by Crippen LogP contribution is 2.46. The Labute approximate surface area is 108 Å². The lowest BCUT2D eigenvalue weighted by Crippen LogP contribution is -2.60. The van der Waals surface area contributed by atoms with Crippen LogP contribution in [0.15, 0.2) is 0 Å². The molecule has 0 N–H and O–H groups in total. The zero-order valence-corrected chi connectivity index (χ0v) is 12.2. The van der Waals surface area contributed by atoms with Gasteiger partial charge in [0, 0.05) is 19.1 Å². The van der Waals surface area contributed by atoms with Gasteiger partial charge in [0.2, 0.25) is 0 Å². The Balaban J connectivity index is 1.76. The topological polar surface area (TPSA) is 3.24 Å². The van der Waals surface area contributed by atoms with E-state index >= 15 is 0 Å². The normalized spacial score (nSPS) is 27.0. The lowest BCUT2D eigenvalue weighted by molar-refractivity contribution is -0.0645. The van der Waals surface area contributed by atoms with Gasteiger partial charge in [0.15, 0.2) is 0 Å². The quantitative estimate of drug-likeness (QED) is 0.682. The maximum Gasteiger partial charge on any atom is 0.00931 e. The van der Waals surface area contributed by atoms with Gasteiger partial charge in [-0.1, -0.05) is 46.5 Å². The van der Waals surface area contributed by atoms with E-state index in [9.17, 15) is 0 Å². The largest absolute Gasteiger partial charge is 0.299 e. The predicted molar refractivity (Wildman–Crippen MR) is 75.2 cm³/mol. The molecule has 1 atom stereocenters. The molecule has 0 aromatic rings. The molecule has 1 heterocycles. The summed E-state index contributed by atoms with van der Waals surface area (Å²) in [6.07, 6.45) is 11.5. The van der Waals surface area contributed by atoms with E-state index in [0.29, 0.717) is 0 Å². The van der Waals surface area contributed by atoms with E-state index in [-0.39, 0.29) is 0 Å². The Bertz CT molecular complexity index is 220. The number of rotatable bonds is 5. The summed E-state index contributed by atoms with van der Waals surface area (Å²) < 4.78 is 0. The Hall–Kier alpha value is -0.0400. The summed E-state index contributed by atoms with van der Waals surface area (Å²) >= 11 is 0. The van der Waals surface area contributed by atoms with Crippen LogP contribution in [-0.2, 0) is 0 Å². The van der Waals surface area contributed by atoms with Crippen LogP contribution in [0.2, 0.25) is 0 Å². The SMILES string of the molecule is CCCCC(CC)N1CC2(CCC(C)CC2)C1. The van der Waals surface area contributed by atoms with Gasteiger partial charge in [0.1, 0.15) is 0 Å². The zero-order chi connectivity index (χ0) is 12.3. The summed E-state index contributed by atoms with van der Waals surface area (Å²) in [6.45, 7) is 9.95. The fraction of sp³-hybridized carbons (Fsp3) is 1.00. The van der Waals surface area contributed by atoms with E-state index < -0.39 is 0 Å². The van der Waals surface area contributed by atoms with E-state index in [1.54, 1.807) is 0 Å². The molecule has 0 amide bonds. The third kappa shape index (κ3) is 3.05. The Morgan fingerprint density at radius 2 is 1.82 bits per heavy atom. The predicted octanol–water partition coefficient (Wildman–Crippen LogP) is 4.47. The Morgan fingerprint density at radius 1 is 1.18 bits per heavy atom. The third-order valence-electron chi connectivity index (χ3n) is 5.29. The van der Waals surface area contributed by atoms with Crippen molar-refractivity contribution in [1.29, 1.82) is 0 Å². The van der Waals surface area contributed by atoms with Crippen molar-refractivity contribution in [3.05, 3.63) is 0 Å². The minimum absolute atomic E-state index is 0.756. The van der Waals surface area contributed by atoms with Crippen LogP contribution < -0.4 is 0 Å². The molecule has 0 bridgehead atoms. The second-order valence-electron chi connectivity index (χ2n) is 6.79. The van der Waals surface area contributed by atoms with Gasteiger partial charge in [-0.25, -0.2) is 0 Å². The van der Waals surface area contributed by atoms with Gasteiger partial charge >= 0.3 is 0 Å². The van der Waals surface area contributed by atoms with Gasteiger partial charge < -0.3 is 0 Å². The number of unbranched alkanes of at least 4 members (excludes halogenated alkanes) is 1. The monoisotopic (exact) mass is 237 g/mol. The van der Waals surface area contributed by atoms with E-state index in [0.717, 1.165) is 17.4 Å². The van der Waals surface area contributed by atoms with Crippen molar-refractivity contribution < 1.29 is 0 Å². The first-order chi connectivity index (χ1) is 8.19. The second-order valence-corrected chi connectivity index (χ2v) is 6.79. The van der Waals surface area contributed by atoms with Crippen LogP contribution in [0, 0.1) is 11.3 Å². The van der Waals surface area contributed by atoms with Gasteiger partial charge in [-0.3, -0.25) is 4.90 Å². The van der Waals surface area contributed by atoms with Crippen molar-refractivity contribution in [2.24, 2.45) is 11.3 Å². The van der Waals surface area contributed by atoms with Crippen molar-refractivity contribution in [1.82, 2.24) is 4.90 Å². The van der Waals surface area contributed by atoms with Gasteiger partial charge in [-0.05, 0) is 37.0 Å². The summed E-state index contributed by atoms with van der Waals surface area (Å²) in [5.41, 5.74) is 0.756. The highest BCUT2D eigenvalue weighted by atomic mass is 15.2. The number of nitrogens with zero attached hydrogens (tertiary/aromatic N) is 1. The zero-order valence-electron chi connectivity index (χ0n) is 12.2. The molecular formula is C16H31N. The van der Waals surface area contributed by atoms with Crippen molar-refractivity contribution >= 4 is 0 Å². The molecule has 1 heteroatoms. The molecule has 1 unspecified atom stereocenters. The molecule has 1 nitrogen and oxygen atoms in total. The minimum Gasteiger partial charge on any atom is -0.299 e. The molecule has 0 radical (unpaired) electrons. The molecule has 0 aromatic heterocycles. The molecule has 17 heavy (non-hydrogen) atoms. The van der Waals surface area contributed by atoms with Gasteiger partial charge in [-0.15, -0.1) is 0 Å². The maximum absolute atomic E-state index is 2.78. The first-order valence-electron chi connectivity index (χ1n) is 7.93. The van der Waals surface area contributed by atoms with Gasteiger partial charge in [-0.2, -0.15) is 0 Å². The number of hydrogen-bond donors (Lipinski definition) is 0. The smallest absolute Gasteiger partial charge is 0.00931 e. The van der Waals surface area contributed by atoms with E-state index in [1.165, 1.54) is 64.5 Å². The molecule has 100 valence electrons. The Kier molecular flexibility index (Phi) is 4.52. The van der Waals surface area contributed by atoms with Crippen molar-refractivity contribution in [3.63, 3.8) is 0 Å². The fourth-order valence-corrected chi connectivity index (χ4v) is 3.85. The summed E-state index contributed by atoms with van der Waals surface area (Å²) in [4.78, 5) is 2.78. The van der Waals surface area contributed by atoms with Crippen LogP contribution in [0.25, 0.3) is 0 Å². The molecule has 2 fully saturated rings. The van der Waals surface area contributed by atoms with Crippen LogP contribution in [0.5, 0.6) is 0 Å². The lowest BCUT2D eigenvalue weighted by atomic mass is 9.65. The standard InChI is InChI=1S/C16H31N/c1-4-6-7-15(5-2)17-12-16(13-17)10-8-14(3)9-11-16/h14-15H,4-13H2,1-3H3. The van der Waals surface area contributed by atoms with Crippen molar-refractivity contribution in [2.45, 2.75) is 78.2 Å². The Morgan fingerprint density at radius 3 is 2.35 bits per heavy atom. The van der Waals surface area contributed by atoms with E-state index in [4.69, 9.17) is 0 Å². The molecule has 0 aromatic carbocycles. The lowest BCUT2D eigenvalue weighted by Gasteiger charge is -2.56. The van der Waals surface area contributed by atoms with Crippen molar-refractivity contribution in [2.75, 3.05) is 13.1 Å². The first kappa shape index (κ1) is 13.4. The molecule has 1 aliphatic heterocycles. The summed E-state index contributed by atoms with van der Waals surface area (Å²) in [5.74, 6) is 0.997. The third-order valence-corrected chi connectivity index (χ3v) is 5.29. The molecule has 1 spiro atoms. The molecule has 1 saturated carbocycles. The molecular weight excluding hydrogens is 206 g/mol. The van der Waals surface area contributed by atoms with Crippen LogP contribution in [0.1, 0.15) is 72.1 Å². The van der Waals surface area contributed by atoms with Crippen LogP contribution in [-0.4, -0.2) is 24.0 Å². The number of likely N-dealkylation sites (tertiary alicyclic amines) is 1. The summed E-state index contributed by atoms with van der Waals surface area (Å²) in [5, 5.41) is 0. The first-order valence-corrected chi connectivity index (χ1v) is 7.93. The average Bonchev–Trinajstić information content (AvgIpc) is 2.30. The summed E-state index contributed by atoms with van der Waals surface area (Å²) in [7, 11) is 0. The van der Waals surface area contributed by atoms with Crippen LogP contribution >= 0.6 is 0 Å². The fourth-order valence-electron chi connectivity index (χ4n) is 3.85. The molecule has 2 aliphatic rings. The van der Waals surface area contributed by atoms with Gasteiger partial charge in [0.25, 0.3) is 0 Å².